The number of nitrogens with zero attached hydrogens (tertiary/aromatic N) is 5. The molecule has 0 radical (unpaired) electrons. The van der Waals surface area contributed by atoms with Crippen LogP contribution in [0.15, 0.2) is 30.3 Å². The van der Waals surface area contributed by atoms with Gasteiger partial charge < -0.3 is 19.7 Å². The molecule has 1 spiro atoms. The summed E-state index contributed by atoms with van der Waals surface area (Å²) in [4.78, 5) is 14.8. The van der Waals surface area contributed by atoms with Crippen LogP contribution in [-0.4, -0.2) is 57.8 Å². The van der Waals surface area contributed by atoms with Crippen LogP contribution in [0.25, 0.3) is 5.65 Å². The van der Waals surface area contributed by atoms with Crippen molar-refractivity contribution in [2.24, 2.45) is 0 Å². The first-order valence-electron chi connectivity index (χ1n) is 11.1. The van der Waals surface area contributed by atoms with Gasteiger partial charge in [0, 0.05) is 44.5 Å². The van der Waals surface area contributed by atoms with Gasteiger partial charge in [-0.15, -0.1) is 15.3 Å². The van der Waals surface area contributed by atoms with Crippen molar-refractivity contribution in [3.8, 4) is 0 Å². The summed E-state index contributed by atoms with van der Waals surface area (Å²) in [6, 6.07) is 9.91. The number of carbonyl (C=O) groups is 1. The van der Waals surface area contributed by atoms with Crippen molar-refractivity contribution in [3.63, 3.8) is 0 Å². The highest BCUT2D eigenvalue weighted by Gasteiger charge is 2.40. The molecule has 0 unspecified atom stereocenters. The fourth-order valence-electron chi connectivity index (χ4n) is 4.32. The molecule has 5 rings (SSSR count). The summed E-state index contributed by atoms with van der Waals surface area (Å²) < 4.78 is 13.4. The number of aryl methyl sites for hydroxylation is 3. The van der Waals surface area contributed by atoms with Crippen molar-refractivity contribution in [1.29, 1.82) is 0 Å². The second-order valence-electron chi connectivity index (χ2n) is 8.54. The maximum atomic E-state index is 12.5. The van der Waals surface area contributed by atoms with Crippen LogP contribution in [0.1, 0.15) is 36.2 Å². The van der Waals surface area contributed by atoms with Crippen molar-refractivity contribution in [2.75, 3.05) is 36.5 Å². The largest absolute Gasteiger partial charge is 0.355 e. The minimum Gasteiger partial charge on any atom is -0.355 e. The molecule has 2 aromatic heterocycles. The fourth-order valence-corrected chi connectivity index (χ4v) is 4.32. The van der Waals surface area contributed by atoms with Crippen molar-refractivity contribution in [1.82, 2.24) is 19.8 Å². The molecule has 2 aliphatic heterocycles. The van der Waals surface area contributed by atoms with Crippen LogP contribution in [0.2, 0.25) is 0 Å². The molecule has 0 bridgehead atoms. The van der Waals surface area contributed by atoms with E-state index in [2.05, 4.69) is 20.4 Å². The van der Waals surface area contributed by atoms with Gasteiger partial charge in [-0.25, -0.2) is 0 Å². The van der Waals surface area contributed by atoms with E-state index in [4.69, 9.17) is 14.6 Å². The Balaban J connectivity index is 1.25. The zero-order valence-electron chi connectivity index (χ0n) is 18.5. The number of ether oxygens (including phenoxy) is 2. The van der Waals surface area contributed by atoms with Gasteiger partial charge in [0.25, 0.3) is 0 Å². The highest BCUT2D eigenvalue weighted by molar-refractivity contribution is 5.91. The lowest BCUT2D eigenvalue weighted by Crippen LogP contribution is -2.45. The summed E-state index contributed by atoms with van der Waals surface area (Å²) in [5.74, 6) is 1.08. The van der Waals surface area contributed by atoms with Crippen LogP contribution in [0.3, 0.4) is 0 Å². The third kappa shape index (κ3) is 4.18. The van der Waals surface area contributed by atoms with E-state index in [1.54, 1.807) is 4.52 Å². The Morgan fingerprint density at radius 2 is 1.88 bits per heavy atom. The van der Waals surface area contributed by atoms with Gasteiger partial charge in [0.1, 0.15) is 5.82 Å². The highest BCUT2D eigenvalue weighted by atomic mass is 16.7. The molecular weight excluding hydrogens is 408 g/mol. The van der Waals surface area contributed by atoms with Gasteiger partial charge in [-0.3, -0.25) is 4.79 Å². The maximum absolute atomic E-state index is 12.5. The van der Waals surface area contributed by atoms with Gasteiger partial charge >= 0.3 is 0 Å². The van der Waals surface area contributed by atoms with E-state index in [0.29, 0.717) is 37.5 Å². The first-order valence-corrected chi connectivity index (χ1v) is 11.1. The standard InChI is InChI=1S/C23H28N6O3/c1-16-3-4-17(2)18(15-16)24-22(30)8-7-20-26-25-19-5-6-21(27-29(19)20)28-11-9-23(10-12-28)31-13-14-32-23/h3-6,15H,7-14H2,1-2H3,(H,24,30). The average Bonchev–Trinajstić information content (AvgIpc) is 3.42. The van der Waals surface area contributed by atoms with Gasteiger partial charge in [-0.05, 0) is 43.2 Å². The molecule has 2 saturated heterocycles. The number of amides is 1. The zero-order valence-corrected chi connectivity index (χ0v) is 18.5. The van der Waals surface area contributed by atoms with Crippen LogP contribution in [0.4, 0.5) is 11.5 Å². The molecule has 3 aromatic rings. The fraction of sp³-hybridized carbons (Fsp3) is 0.478. The van der Waals surface area contributed by atoms with Crippen LogP contribution >= 0.6 is 0 Å². The molecule has 9 heteroatoms. The quantitative estimate of drug-likeness (QED) is 0.657. The lowest BCUT2D eigenvalue weighted by atomic mass is 10.0. The topological polar surface area (TPSA) is 93.9 Å². The molecule has 32 heavy (non-hydrogen) atoms. The molecule has 1 amide bonds. The monoisotopic (exact) mass is 436 g/mol. The Hall–Kier alpha value is -3.04. The van der Waals surface area contributed by atoms with Crippen LogP contribution in [0, 0.1) is 13.8 Å². The van der Waals surface area contributed by atoms with Gasteiger partial charge in [0.05, 0.1) is 13.2 Å². The third-order valence-corrected chi connectivity index (χ3v) is 6.22. The van der Waals surface area contributed by atoms with Crippen molar-refractivity contribution in [2.45, 2.75) is 45.3 Å². The van der Waals surface area contributed by atoms with Crippen LogP contribution in [-0.2, 0) is 20.7 Å². The molecule has 168 valence electrons. The molecule has 4 heterocycles. The van der Waals surface area contributed by atoms with Crippen molar-refractivity contribution < 1.29 is 14.3 Å². The van der Waals surface area contributed by atoms with E-state index >= 15 is 0 Å². The number of hydrogen-bond donors (Lipinski definition) is 1. The Bertz CT molecular complexity index is 1130. The predicted octanol–water partition coefficient (Wildman–Crippen LogP) is 2.66. The van der Waals surface area contributed by atoms with Gasteiger partial charge in [-0.2, -0.15) is 4.52 Å². The van der Waals surface area contributed by atoms with Gasteiger partial charge in [-0.1, -0.05) is 12.1 Å². The van der Waals surface area contributed by atoms with Crippen LogP contribution in [0.5, 0.6) is 0 Å². The number of nitrogens with one attached hydrogen (secondary N) is 1. The normalized spacial score (nSPS) is 17.9. The second-order valence-corrected chi connectivity index (χ2v) is 8.54. The lowest BCUT2D eigenvalue weighted by Gasteiger charge is -2.38. The maximum Gasteiger partial charge on any atom is 0.224 e. The summed E-state index contributed by atoms with van der Waals surface area (Å²) >= 11 is 0. The Labute approximate surface area is 186 Å². The van der Waals surface area contributed by atoms with E-state index in [1.807, 2.05) is 44.2 Å². The number of anilines is 2. The Morgan fingerprint density at radius 3 is 2.66 bits per heavy atom. The summed E-state index contributed by atoms with van der Waals surface area (Å²) in [5, 5.41) is 16.2. The third-order valence-electron chi connectivity index (χ3n) is 6.22. The molecule has 9 nitrogen and oxygen atoms in total. The number of piperidine rings is 1. The molecular formula is C23H28N6O3. The number of carbonyl (C=O) groups excluding carboxylic acids is 1. The SMILES string of the molecule is Cc1ccc(C)c(NC(=O)CCc2nnc3ccc(N4CCC5(CC4)OCCO5)nn23)c1. The van der Waals surface area contributed by atoms with E-state index < -0.39 is 5.79 Å². The Kier molecular flexibility index (Phi) is 5.52. The molecule has 2 fully saturated rings. The number of fused-ring (bicyclic) bond motifs is 1. The smallest absolute Gasteiger partial charge is 0.224 e. The van der Waals surface area contributed by atoms with Crippen molar-refractivity contribution in [3.05, 3.63) is 47.3 Å². The first-order chi connectivity index (χ1) is 15.5. The minimum atomic E-state index is -0.411. The lowest BCUT2D eigenvalue weighted by molar-refractivity contribution is -0.169. The number of rotatable bonds is 5. The average molecular weight is 437 g/mol. The van der Waals surface area contributed by atoms with Gasteiger partial charge in [0.15, 0.2) is 17.3 Å². The Morgan fingerprint density at radius 1 is 1.09 bits per heavy atom. The first kappa shape index (κ1) is 20.8. The van der Waals surface area contributed by atoms with E-state index in [9.17, 15) is 4.79 Å². The van der Waals surface area contributed by atoms with E-state index in [0.717, 1.165) is 48.6 Å². The molecule has 0 saturated carbocycles. The molecule has 0 atom stereocenters. The van der Waals surface area contributed by atoms with E-state index in [1.165, 1.54) is 0 Å². The predicted molar refractivity (Wildman–Crippen MR) is 120 cm³/mol. The summed E-state index contributed by atoms with van der Waals surface area (Å²) in [5.41, 5.74) is 3.68. The van der Waals surface area contributed by atoms with Gasteiger partial charge in [0.2, 0.25) is 5.91 Å². The molecule has 1 N–H and O–H groups in total. The number of benzene rings is 1. The zero-order chi connectivity index (χ0) is 22.1. The highest BCUT2D eigenvalue weighted by Crippen LogP contribution is 2.32. The number of aromatic nitrogens is 4. The molecule has 1 aromatic carbocycles. The minimum absolute atomic E-state index is 0.0514. The van der Waals surface area contributed by atoms with E-state index in [-0.39, 0.29) is 5.91 Å². The second kappa shape index (κ2) is 8.48. The number of hydrogen-bond acceptors (Lipinski definition) is 7. The summed E-state index contributed by atoms with van der Waals surface area (Å²) in [7, 11) is 0. The van der Waals surface area contributed by atoms with Crippen molar-refractivity contribution >= 4 is 23.1 Å². The molecule has 0 aliphatic carbocycles. The van der Waals surface area contributed by atoms with Crippen LogP contribution < -0.4 is 10.2 Å². The molecule has 2 aliphatic rings. The summed E-state index contributed by atoms with van der Waals surface area (Å²) in [6.07, 6.45) is 2.40. The summed E-state index contributed by atoms with van der Waals surface area (Å²) in [6.45, 7) is 6.97.